The first-order chi connectivity index (χ1) is 7.86. The summed E-state index contributed by atoms with van der Waals surface area (Å²) in [4.78, 5) is 0. The molecular weight excluding hydrogens is 368 g/mol. The Balaban J connectivity index is 0.000000160. The standard InChI is InChI=1S/2C6H7BrS/c2*7-3-1-6-2-4-8-5-6/h2*2,4-5H,1,3H2. The lowest BCUT2D eigenvalue weighted by Crippen LogP contribution is -1.77. The molecule has 0 aliphatic carbocycles. The van der Waals surface area contributed by atoms with Gasteiger partial charge in [-0.1, -0.05) is 31.9 Å². The van der Waals surface area contributed by atoms with Gasteiger partial charge in [-0.2, -0.15) is 22.7 Å². The van der Waals surface area contributed by atoms with Crippen molar-refractivity contribution < 1.29 is 0 Å². The first-order valence-corrected chi connectivity index (χ1v) is 9.13. The van der Waals surface area contributed by atoms with Gasteiger partial charge in [-0.05, 0) is 57.6 Å². The Morgan fingerprint density at radius 1 is 0.812 bits per heavy atom. The molecule has 0 radical (unpaired) electrons. The Kier molecular flexibility index (Phi) is 8.47. The predicted octanol–water partition coefficient (Wildman–Crippen LogP) is 5.37. The summed E-state index contributed by atoms with van der Waals surface area (Å²) in [5.41, 5.74) is 2.87. The highest BCUT2D eigenvalue weighted by atomic mass is 79.9. The third-order valence-electron chi connectivity index (χ3n) is 1.93. The summed E-state index contributed by atoms with van der Waals surface area (Å²) in [6.07, 6.45) is 2.31. The van der Waals surface area contributed by atoms with E-state index in [0.29, 0.717) is 0 Å². The van der Waals surface area contributed by atoms with Crippen molar-refractivity contribution in [2.75, 3.05) is 10.7 Å². The van der Waals surface area contributed by atoms with Crippen LogP contribution < -0.4 is 0 Å². The number of hydrogen-bond donors (Lipinski definition) is 0. The molecule has 0 aliphatic rings. The van der Waals surface area contributed by atoms with E-state index in [1.165, 1.54) is 11.1 Å². The van der Waals surface area contributed by atoms with Crippen molar-refractivity contribution in [1.29, 1.82) is 0 Å². The van der Waals surface area contributed by atoms with Crippen LogP contribution in [0.25, 0.3) is 0 Å². The van der Waals surface area contributed by atoms with Gasteiger partial charge in [0.15, 0.2) is 0 Å². The second kappa shape index (κ2) is 9.40. The van der Waals surface area contributed by atoms with Gasteiger partial charge in [0, 0.05) is 10.7 Å². The molecule has 2 heterocycles. The van der Waals surface area contributed by atoms with E-state index in [0.717, 1.165) is 23.5 Å². The van der Waals surface area contributed by atoms with Crippen LogP contribution in [0.3, 0.4) is 0 Å². The molecule has 0 nitrogen and oxygen atoms in total. The Morgan fingerprint density at radius 2 is 1.25 bits per heavy atom. The molecule has 0 spiro atoms. The minimum absolute atomic E-state index is 1.07. The minimum Gasteiger partial charge on any atom is -0.152 e. The zero-order valence-electron chi connectivity index (χ0n) is 8.86. The van der Waals surface area contributed by atoms with E-state index in [1.54, 1.807) is 22.7 Å². The summed E-state index contributed by atoms with van der Waals surface area (Å²) in [5.74, 6) is 0. The second-order valence-electron chi connectivity index (χ2n) is 3.14. The van der Waals surface area contributed by atoms with Gasteiger partial charge in [0.1, 0.15) is 0 Å². The molecule has 2 rings (SSSR count). The number of rotatable bonds is 4. The molecule has 0 aliphatic heterocycles. The molecule has 0 amide bonds. The molecule has 0 bridgehead atoms. The number of halogens is 2. The van der Waals surface area contributed by atoms with E-state index in [9.17, 15) is 0 Å². The lowest BCUT2D eigenvalue weighted by atomic mass is 10.3. The van der Waals surface area contributed by atoms with Crippen molar-refractivity contribution in [1.82, 2.24) is 0 Å². The molecule has 0 fully saturated rings. The van der Waals surface area contributed by atoms with E-state index in [2.05, 4.69) is 65.5 Å². The molecule has 4 heteroatoms. The first-order valence-electron chi connectivity index (χ1n) is 5.01. The second-order valence-corrected chi connectivity index (χ2v) is 6.29. The van der Waals surface area contributed by atoms with Gasteiger partial charge in [0.2, 0.25) is 0 Å². The molecule has 0 aromatic carbocycles. The molecule has 0 N–H and O–H groups in total. The molecule has 0 saturated carbocycles. The van der Waals surface area contributed by atoms with Gasteiger partial charge >= 0.3 is 0 Å². The minimum atomic E-state index is 1.07. The third-order valence-corrected chi connectivity index (χ3v) is 4.18. The van der Waals surface area contributed by atoms with Crippen LogP contribution in [-0.2, 0) is 12.8 Å². The van der Waals surface area contributed by atoms with E-state index in [1.807, 2.05) is 0 Å². The number of alkyl halides is 2. The van der Waals surface area contributed by atoms with E-state index >= 15 is 0 Å². The fraction of sp³-hybridized carbons (Fsp3) is 0.333. The van der Waals surface area contributed by atoms with E-state index in [-0.39, 0.29) is 0 Å². The van der Waals surface area contributed by atoms with Gasteiger partial charge < -0.3 is 0 Å². The Bertz CT molecular complexity index is 305. The highest BCUT2D eigenvalue weighted by Crippen LogP contribution is 2.07. The molecule has 0 saturated heterocycles. The maximum absolute atomic E-state index is 3.38. The molecule has 2 aromatic rings. The fourth-order valence-electron chi connectivity index (χ4n) is 1.09. The fourth-order valence-corrected chi connectivity index (χ4v) is 3.41. The van der Waals surface area contributed by atoms with Gasteiger partial charge in [-0.3, -0.25) is 0 Å². The molecular formula is C12H14Br2S2. The molecule has 0 atom stereocenters. The van der Waals surface area contributed by atoms with Crippen LogP contribution in [0.4, 0.5) is 0 Å². The van der Waals surface area contributed by atoms with Crippen LogP contribution in [-0.4, -0.2) is 10.7 Å². The highest BCUT2D eigenvalue weighted by molar-refractivity contribution is 9.09. The van der Waals surface area contributed by atoms with Crippen LogP contribution in [0, 0.1) is 0 Å². The maximum Gasteiger partial charge on any atom is 0.00721 e. The van der Waals surface area contributed by atoms with Crippen molar-refractivity contribution in [2.45, 2.75) is 12.8 Å². The maximum atomic E-state index is 3.38. The van der Waals surface area contributed by atoms with Crippen molar-refractivity contribution in [3.8, 4) is 0 Å². The van der Waals surface area contributed by atoms with Gasteiger partial charge in [0.05, 0.1) is 0 Å². The topological polar surface area (TPSA) is 0 Å². The van der Waals surface area contributed by atoms with Crippen LogP contribution >= 0.6 is 54.5 Å². The summed E-state index contributed by atoms with van der Waals surface area (Å²) >= 11 is 10.3. The third kappa shape index (κ3) is 6.18. The number of aryl methyl sites for hydroxylation is 2. The van der Waals surface area contributed by atoms with Crippen molar-refractivity contribution in [3.05, 3.63) is 44.8 Å². The zero-order valence-corrected chi connectivity index (χ0v) is 13.7. The lowest BCUT2D eigenvalue weighted by molar-refractivity contribution is 1.19. The largest absolute Gasteiger partial charge is 0.152 e. The molecule has 2 aromatic heterocycles. The zero-order chi connectivity index (χ0) is 11.6. The smallest absolute Gasteiger partial charge is 0.00721 e. The van der Waals surface area contributed by atoms with Gasteiger partial charge in [0.25, 0.3) is 0 Å². The predicted molar refractivity (Wildman–Crippen MR) is 83.6 cm³/mol. The van der Waals surface area contributed by atoms with Crippen molar-refractivity contribution in [2.24, 2.45) is 0 Å². The normalized spacial score (nSPS) is 9.62. The summed E-state index contributed by atoms with van der Waals surface area (Å²) in [7, 11) is 0. The molecule has 88 valence electrons. The first kappa shape index (κ1) is 14.4. The average Bonchev–Trinajstić information content (AvgIpc) is 2.92. The Hall–Kier alpha value is 0.360. The Morgan fingerprint density at radius 3 is 1.50 bits per heavy atom. The Labute approximate surface area is 122 Å². The van der Waals surface area contributed by atoms with Crippen LogP contribution in [0.2, 0.25) is 0 Å². The highest BCUT2D eigenvalue weighted by Gasteiger charge is 1.88. The number of hydrogen-bond acceptors (Lipinski definition) is 2. The summed E-state index contributed by atoms with van der Waals surface area (Å²) in [6.45, 7) is 0. The summed E-state index contributed by atoms with van der Waals surface area (Å²) < 4.78 is 0. The van der Waals surface area contributed by atoms with Gasteiger partial charge in [-0.25, -0.2) is 0 Å². The average molecular weight is 382 g/mol. The van der Waals surface area contributed by atoms with Gasteiger partial charge in [-0.15, -0.1) is 0 Å². The quantitative estimate of drug-likeness (QED) is 0.624. The van der Waals surface area contributed by atoms with Crippen LogP contribution in [0.15, 0.2) is 33.7 Å². The van der Waals surface area contributed by atoms with E-state index < -0.39 is 0 Å². The van der Waals surface area contributed by atoms with Crippen molar-refractivity contribution >= 4 is 54.5 Å². The monoisotopic (exact) mass is 380 g/mol. The van der Waals surface area contributed by atoms with Crippen LogP contribution in [0.5, 0.6) is 0 Å². The molecule has 0 unspecified atom stereocenters. The lowest BCUT2D eigenvalue weighted by Gasteiger charge is -1.84. The molecule has 16 heavy (non-hydrogen) atoms. The van der Waals surface area contributed by atoms with Crippen LogP contribution in [0.1, 0.15) is 11.1 Å². The number of thiophene rings is 2. The van der Waals surface area contributed by atoms with E-state index in [4.69, 9.17) is 0 Å². The summed E-state index contributed by atoms with van der Waals surface area (Å²) in [5, 5.41) is 10.7. The summed E-state index contributed by atoms with van der Waals surface area (Å²) in [6, 6.07) is 4.32. The van der Waals surface area contributed by atoms with Crippen molar-refractivity contribution in [3.63, 3.8) is 0 Å². The SMILES string of the molecule is BrCCc1ccsc1.BrCCc1ccsc1.